The molecule has 2 N–H and O–H groups in total. The van der Waals surface area contributed by atoms with E-state index in [0.717, 1.165) is 12.0 Å². The van der Waals surface area contributed by atoms with Crippen molar-refractivity contribution < 1.29 is 23.5 Å². The molecule has 1 aliphatic carbocycles. The monoisotopic (exact) mass is 370 g/mol. The molecule has 1 saturated carbocycles. The Kier molecular flexibility index (Phi) is 4.43. The number of rotatable bonds is 3. The Morgan fingerprint density at radius 3 is 2.37 bits per heavy atom. The van der Waals surface area contributed by atoms with Gasteiger partial charge in [-0.2, -0.15) is 0 Å². The average Bonchev–Trinajstić information content (AvgIpc) is 2.66. The molecule has 2 aliphatic rings. The number of nitrogens with one attached hydrogen (secondary N) is 2. The van der Waals surface area contributed by atoms with Crippen molar-refractivity contribution in [1.29, 1.82) is 0 Å². The molecular formula is C20H19FN2O4. The van der Waals surface area contributed by atoms with Gasteiger partial charge in [-0.3, -0.25) is 20.4 Å². The molecular weight excluding hydrogens is 351 g/mol. The van der Waals surface area contributed by atoms with E-state index >= 15 is 0 Å². The van der Waals surface area contributed by atoms with Gasteiger partial charge in [0.2, 0.25) is 12.0 Å². The third-order valence-corrected chi connectivity index (χ3v) is 5.14. The van der Waals surface area contributed by atoms with Gasteiger partial charge < -0.3 is 9.47 Å². The normalized spacial score (nSPS) is 19.5. The molecule has 27 heavy (non-hydrogen) atoms. The lowest BCUT2D eigenvalue weighted by Crippen LogP contribution is -2.57. The zero-order valence-electron chi connectivity index (χ0n) is 14.5. The van der Waals surface area contributed by atoms with E-state index in [9.17, 15) is 14.0 Å². The van der Waals surface area contributed by atoms with Gasteiger partial charge in [-0.05, 0) is 42.7 Å². The standard InChI is InChI=1S/C20H19FN2O4/c21-14-8-6-13(7-9-14)20(10-3-11-20)19(25)23-22-18(24)17-12-26-15-4-1-2-5-16(15)27-17/h1-2,4-9,17H,3,10-12H2,(H,22,24)(H,23,25). The number of para-hydroxylation sites is 2. The first-order chi connectivity index (χ1) is 13.1. The first-order valence-electron chi connectivity index (χ1n) is 8.83. The Balaban J connectivity index is 1.39. The number of carbonyl (C=O) groups excluding carboxylic acids is 2. The summed E-state index contributed by atoms with van der Waals surface area (Å²) in [7, 11) is 0. The van der Waals surface area contributed by atoms with Gasteiger partial charge in [-0.25, -0.2) is 4.39 Å². The maximum absolute atomic E-state index is 13.2. The molecule has 7 heteroatoms. The molecule has 1 heterocycles. The van der Waals surface area contributed by atoms with Gasteiger partial charge in [0, 0.05) is 0 Å². The van der Waals surface area contributed by atoms with E-state index in [1.54, 1.807) is 30.3 Å². The van der Waals surface area contributed by atoms with Gasteiger partial charge in [0.1, 0.15) is 12.4 Å². The Bertz CT molecular complexity index is 865. The molecule has 0 radical (unpaired) electrons. The summed E-state index contributed by atoms with van der Waals surface area (Å²) in [6.45, 7) is 0.0574. The minimum Gasteiger partial charge on any atom is -0.485 e. The number of hydrazine groups is 1. The summed E-state index contributed by atoms with van der Waals surface area (Å²) in [6, 6.07) is 13.0. The van der Waals surface area contributed by atoms with Crippen LogP contribution in [0, 0.1) is 5.82 Å². The minimum atomic E-state index is -0.858. The van der Waals surface area contributed by atoms with Crippen LogP contribution in [0.4, 0.5) is 4.39 Å². The second-order valence-corrected chi connectivity index (χ2v) is 6.75. The van der Waals surface area contributed by atoms with Crippen LogP contribution in [0.15, 0.2) is 48.5 Å². The SMILES string of the molecule is O=C(NNC(=O)C1(c2ccc(F)cc2)CCC1)C1COc2ccccc2O1. The van der Waals surface area contributed by atoms with Gasteiger partial charge in [0.15, 0.2) is 11.5 Å². The third-order valence-electron chi connectivity index (χ3n) is 5.14. The second-order valence-electron chi connectivity index (χ2n) is 6.75. The molecule has 1 fully saturated rings. The van der Waals surface area contributed by atoms with Crippen LogP contribution in [0.5, 0.6) is 11.5 Å². The van der Waals surface area contributed by atoms with E-state index in [4.69, 9.17) is 9.47 Å². The zero-order valence-corrected chi connectivity index (χ0v) is 14.5. The Morgan fingerprint density at radius 2 is 1.70 bits per heavy atom. The summed E-state index contributed by atoms with van der Waals surface area (Å²) in [5, 5.41) is 0. The van der Waals surface area contributed by atoms with Crippen LogP contribution in [0.1, 0.15) is 24.8 Å². The van der Waals surface area contributed by atoms with Gasteiger partial charge in [-0.1, -0.05) is 30.7 Å². The van der Waals surface area contributed by atoms with Crippen LogP contribution in [0.3, 0.4) is 0 Å². The molecule has 0 bridgehead atoms. The highest BCUT2D eigenvalue weighted by Gasteiger charge is 2.46. The fourth-order valence-electron chi connectivity index (χ4n) is 3.41. The molecule has 1 atom stereocenters. The summed E-state index contributed by atoms with van der Waals surface area (Å²) in [5.41, 5.74) is 4.92. The zero-order chi connectivity index (χ0) is 18.9. The minimum absolute atomic E-state index is 0.0574. The van der Waals surface area contributed by atoms with Crippen molar-refractivity contribution in [3.05, 3.63) is 59.9 Å². The van der Waals surface area contributed by atoms with E-state index < -0.39 is 17.4 Å². The van der Waals surface area contributed by atoms with Crippen LogP contribution in [-0.4, -0.2) is 24.5 Å². The lowest BCUT2D eigenvalue weighted by Gasteiger charge is -2.40. The maximum atomic E-state index is 13.2. The molecule has 2 aromatic rings. The summed E-state index contributed by atoms with van der Waals surface area (Å²) in [6.07, 6.45) is 1.34. The van der Waals surface area contributed by atoms with E-state index in [1.165, 1.54) is 12.1 Å². The van der Waals surface area contributed by atoms with Crippen molar-refractivity contribution in [3.8, 4) is 11.5 Å². The predicted octanol–water partition coefficient (Wildman–Crippen LogP) is 2.23. The van der Waals surface area contributed by atoms with E-state index in [2.05, 4.69) is 10.9 Å². The predicted molar refractivity (Wildman–Crippen MR) is 94.6 cm³/mol. The molecule has 1 unspecified atom stereocenters. The molecule has 2 amide bonds. The lowest BCUT2D eigenvalue weighted by molar-refractivity contribution is -0.138. The summed E-state index contributed by atoms with van der Waals surface area (Å²) >= 11 is 0. The van der Waals surface area contributed by atoms with E-state index in [0.29, 0.717) is 24.3 Å². The first-order valence-corrected chi connectivity index (χ1v) is 8.83. The third kappa shape index (κ3) is 3.20. The largest absolute Gasteiger partial charge is 0.485 e. The molecule has 0 saturated heterocycles. The van der Waals surface area contributed by atoms with Crippen LogP contribution in [-0.2, 0) is 15.0 Å². The average molecular weight is 370 g/mol. The highest BCUT2D eigenvalue weighted by Crippen LogP contribution is 2.43. The number of carbonyl (C=O) groups is 2. The number of halogens is 1. The molecule has 1 aliphatic heterocycles. The highest BCUT2D eigenvalue weighted by atomic mass is 19.1. The fraction of sp³-hybridized carbons (Fsp3) is 0.300. The summed E-state index contributed by atoms with van der Waals surface area (Å²) in [5.74, 6) is -0.0961. The Labute approximate surface area is 155 Å². The Hall–Kier alpha value is -3.09. The van der Waals surface area contributed by atoms with Crippen molar-refractivity contribution >= 4 is 11.8 Å². The van der Waals surface area contributed by atoms with Crippen LogP contribution in [0.2, 0.25) is 0 Å². The highest BCUT2D eigenvalue weighted by molar-refractivity contribution is 5.91. The topological polar surface area (TPSA) is 76.7 Å². The smallest absolute Gasteiger partial charge is 0.283 e. The molecule has 0 aromatic heterocycles. The first kappa shape index (κ1) is 17.3. The van der Waals surface area contributed by atoms with Crippen molar-refractivity contribution in [1.82, 2.24) is 10.9 Å². The van der Waals surface area contributed by atoms with Crippen LogP contribution < -0.4 is 20.3 Å². The van der Waals surface area contributed by atoms with Crippen molar-refractivity contribution in [2.45, 2.75) is 30.8 Å². The molecule has 140 valence electrons. The quantitative estimate of drug-likeness (QED) is 0.813. The molecule has 4 rings (SSSR count). The molecule has 0 spiro atoms. The van der Waals surface area contributed by atoms with Crippen LogP contribution >= 0.6 is 0 Å². The lowest BCUT2D eigenvalue weighted by atomic mass is 9.64. The summed E-state index contributed by atoms with van der Waals surface area (Å²) in [4.78, 5) is 25.1. The van der Waals surface area contributed by atoms with Gasteiger partial charge in [0.05, 0.1) is 5.41 Å². The number of fused-ring (bicyclic) bond motifs is 1. The second kappa shape index (κ2) is 6.90. The number of hydrogen-bond acceptors (Lipinski definition) is 4. The van der Waals surface area contributed by atoms with Crippen molar-refractivity contribution in [3.63, 3.8) is 0 Å². The Morgan fingerprint density at radius 1 is 1.00 bits per heavy atom. The van der Waals surface area contributed by atoms with Gasteiger partial charge >= 0.3 is 0 Å². The number of ether oxygens (including phenoxy) is 2. The van der Waals surface area contributed by atoms with E-state index in [1.807, 2.05) is 6.07 Å². The number of benzene rings is 2. The fourth-order valence-corrected chi connectivity index (χ4v) is 3.41. The van der Waals surface area contributed by atoms with Crippen molar-refractivity contribution in [2.24, 2.45) is 0 Å². The van der Waals surface area contributed by atoms with Crippen LogP contribution in [0.25, 0.3) is 0 Å². The number of hydrogen-bond donors (Lipinski definition) is 2. The summed E-state index contributed by atoms with van der Waals surface area (Å²) < 4.78 is 24.3. The maximum Gasteiger partial charge on any atom is 0.283 e. The van der Waals surface area contributed by atoms with E-state index in [-0.39, 0.29) is 18.3 Å². The van der Waals surface area contributed by atoms with Crippen molar-refractivity contribution in [2.75, 3.05) is 6.61 Å². The van der Waals surface area contributed by atoms with Gasteiger partial charge in [0.25, 0.3) is 5.91 Å². The molecule has 6 nitrogen and oxygen atoms in total. The molecule has 2 aromatic carbocycles. The van der Waals surface area contributed by atoms with Gasteiger partial charge in [-0.15, -0.1) is 0 Å². The number of amides is 2.